The topological polar surface area (TPSA) is 36.7 Å². The van der Waals surface area contributed by atoms with Crippen molar-refractivity contribution in [2.75, 3.05) is 0 Å². The van der Waals surface area contributed by atoms with Crippen LogP contribution in [0.2, 0.25) is 0 Å². The maximum atomic E-state index is 14.1. The molecule has 1 aromatic heterocycles. The Kier molecular flexibility index (Phi) is 2.92. The molecule has 96 valence electrons. The lowest BCUT2D eigenvalue weighted by Crippen LogP contribution is -1.92. The second kappa shape index (κ2) is 4.75. The van der Waals surface area contributed by atoms with E-state index in [9.17, 15) is 9.65 Å². The molecule has 2 nitrogen and oxygen atoms in total. The number of halogens is 1. The number of aryl methyl sites for hydroxylation is 1. The molecule has 0 N–H and O–H groups in total. The van der Waals surface area contributed by atoms with Gasteiger partial charge in [0.05, 0.1) is 11.6 Å². The van der Waals surface area contributed by atoms with Crippen LogP contribution in [-0.2, 0) is 0 Å². The number of benzene rings is 2. The van der Waals surface area contributed by atoms with Gasteiger partial charge in [-0.25, -0.2) is 4.39 Å². The highest BCUT2D eigenvalue weighted by Gasteiger charge is 2.13. The number of hydrogen-bond donors (Lipinski definition) is 0. The number of fused-ring (bicyclic) bond motifs is 1. The number of nitrogens with zero attached hydrogens (tertiary/aromatic N) is 2. The van der Waals surface area contributed by atoms with Gasteiger partial charge in [0.15, 0.2) is 0 Å². The molecule has 0 aliphatic heterocycles. The smallest absolute Gasteiger partial charge is 0.131 e. The largest absolute Gasteiger partial charge is 0.264 e. The van der Waals surface area contributed by atoms with E-state index in [2.05, 4.69) is 11.1 Å². The highest BCUT2D eigenvalue weighted by molar-refractivity contribution is 5.90. The Hall–Kier alpha value is -2.73. The molecule has 3 rings (SSSR count). The number of hydrogen-bond acceptors (Lipinski definition) is 2. The first-order valence-corrected chi connectivity index (χ1v) is 6.24. The fourth-order valence-electron chi connectivity index (χ4n) is 2.41. The van der Waals surface area contributed by atoms with Gasteiger partial charge in [-0.15, -0.1) is 0 Å². The van der Waals surface area contributed by atoms with Crippen LogP contribution < -0.4 is 0 Å². The average Bonchev–Trinajstić information content (AvgIpc) is 2.46. The Morgan fingerprint density at radius 2 is 2.00 bits per heavy atom. The zero-order valence-electron chi connectivity index (χ0n) is 10.9. The van der Waals surface area contributed by atoms with E-state index in [1.165, 1.54) is 6.07 Å². The Morgan fingerprint density at radius 1 is 1.15 bits per heavy atom. The molecule has 2 aromatic carbocycles. The van der Waals surface area contributed by atoms with E-state index >= 15 is 0 Å². The standard InChI is InChI=1S/C17H11FN2/c1-11-3-2-4-16(18)17(11)15-8-12-5-6-20-10-14(12)7-13(15)9-19/h2-8,10H,1H3. The van der Waals surface area contributed by atoms with Gasteiger partial charge in [-0.3, -0.25) is 4.98 Å². The van der Waals surface area contributed by atoms with Crippen LogP contribution in [0.4, 0.5) is 4.39 Å². The molecule has 0 bridgehead atoms. The van der Waals surface area contributed by atoms with Crippen molar-refractivity contribution in [3.63, 3.8) is 0 Å². The van der Waals surface area contributed by atoms with Crippen LogP contribution in [0.1, 0.15) is 11.1 Å². The molecular weight excluding hydrogens is 251 g/mol. The molecule has 0 radical (unpaired) electrons. The minimum atomic E-state index is -0.310. The summed E-state index contributed by atoms with van der Waals surface area (Å²) >= 11 is 0. The molecule has 0 aliphatic rings. The molecule has 0 amide bonds. The summed E-state index contributed by atoms with van der Waals surface area (Å²) in [6.45, 7) is 1.84. The van der Waals surface area contributed by atoms with E-state index < -0.39 is 0 Å². The van der Waals surface area contributed by atoms with Crippen LogP contribution in [0.15, 0.2) is 48.8 Å². The van der Waals surface area contributed by atoms with Crippen molar-refractivity contribution in [3.8, 4) is 17.2 Å². The average molecular weight is 262 g/mol. The first kappa shape index (κ1) is 12.3. The predicted molar refractivity (Wildman–Crippen MR) is 76.6 cm³/mol. The highest BCUT2D eigenvalue weighted by atomic mass is 19.1. The second-order valence-corrected chi connectivity index (χ2v) is 4.66. The summed E-state index contributed by atoms with van der Waals surface area (Å²) in [4.78, 5) is 4.04. The van der Waals surface area contributed by atoms with Crippen molar-refractivity contribution < 1.29 is 4.39 Å². The fourth-order valence-corrected chi connectivity index (χ4v) is 2.41. The summed E-state index contributed by atoms with van der Waals surface area (Å²) in [5.41, 5.74) is 2.39. The molecule has 0 spiro atoms. The first-order valence-electron chi connectivity index (χ1n) is 6.24. The van der Waals surface area contributed by atoms with Gasteiger partial charge in [0.2, 0.25) is 0 Å². The van der Waals surface area contributed by atoms with E-state index in [0.717, 1.165) is 16.3 Å². The number of pyridine rings is 1. The zero-order chi connectivity index (χ0) is 14.1. The van der Waals surface area contributed by atoms with Gasteiger partial charge in [0.1, 0.15) is 5.82 Å². The molecule has 3 heteroatoms. The Bertz CT molecular complexity index is 827. The maximum Gasteiger partial charge on any atom is 0.131 e. The Labute approximate surface area is 116 Å². The van der Waals surface area contributed by atoms with E-state index in [1.54, 1.807) is 24.5 Å². The van der Waals surface area contributed by atoms with Crippen LogP contribution in [0.25, 0.3) is 21.9 Å². The van der Waals surface area contributed by atoms with Crippen LogP contribution in [-0.4, -0.2) is 4.98 Å². The van der Waals surface area contributed by atoms with Crippen LogP contribution >= 0.6 is 0 Å². The molecule has 1 heterocycles. The molecule has 0 unspecified atom stereocenters. The monoisotopic (exact) mass is 262 g/mol. The molecule has 0 aliphatic carbocycles. The molecule has 0 saturated heterocycles. The first-order chi connectivity index (χ1) is 9.70. The van der Waals surface area contributed by atoms with Gasteiger partial charge < -0.3 is 0 Å². The van der Waals surface area contributed by atoms with Gasteiger partial charge >= 0.3 is 0 Å². The van der Waals surface area contributed by atoms with Crippen LogP contribution in [0, 0.1) is 24.1 Å². The molecule has 0 saturated carbocycles. The highest BCUT2D eigenvalue weighted by Crippen LogP contribution is 2.32. The Morgan fingerprint density at radius 3 is 2.75 bits per heavy atom. The van der Waals surface area contributed by atoms with Crippen molar-refractivity contribution in [2.24, 2.45) is 0 Å². The maximum absolute atomic E-state index is 14.1. The summed E-state index contributed by atoms with van der Waals surface area (Å²) in [5.74, 6) is -0.310. The van der Waals surface area contributed by atoms with E-state index in [-0.39, 0.29) is 5.82 Å². The number of rotatable bonds is 1. The lowest BCUT2D eigenvalue weighted by molar-refractivity contribution is 0.630. The minimum absolute atomic E-state index is 0.310. The van der Waals surface area contributed by atoms with Gasteiger partial charge in [-0.2, -0.15) is 5.26 Å². The van der Waals surface area contributed by atoms with Crippen molar-refractivity contribution in [1.29, 1.82) is 5.26 Å². The minimum Gasteiger partial charge on any atom is -0.264 e. The lowest BCUT2D eigenvalue weighted by atomic mass is 9.93. The van der Waals surface area contributed by atoms with Crippen molar-refractivity contribution in [2.45, 2.75) is 6.92 Å². The fraction of sp³-hybridized carbons (Fsp3) is 0.0588. The molecule has 20 heavy (non-hydrogen) atoms. The van der Waals surface area contributed by atoms with Crippen LogP contribution in [0.5, 0.6) is 0 Å². The third kappa shape index (κ3) is 1.92. The third-order valence-electron chi connectivity index (χ3n) is 3.39. The third-order valence-corrected chi connectivity index (χ3v) is 3.39. The summed E-state index contributed by atoms with van der Waals surface area (Å²) in [6, 6.07) is 12.5. The van der Waals surface area contributed by atoms with Gasteiger partial charge in [-0.05, 0) is 42.1 Å². The normalized spacial score (nSPS) is 10.4. The summed E-state index contributed by atoms with van der Waals surface area (Å²) in [6.07, 6.45) is 3.39. The zero-order valence-corrected chi connectivity index (χ0v) is 10.9. The van der Waals surface area contributed by atoms with Crippen LogP contribution in [0.3, 0.4) is 0 Å². The predicted octanol–water partition coefficient (Wildman–Crippen LogP) is 4.22. The summed E-state index contributed by atoms with van der Waals surface area (Å²) in [5, 5.41) is 11.1. The van der Waals surface area contributed by atoms with E-state index in [4.69, 9.17) is 0 Å². The van der Waals surface area contributed by atoms with Gasteiger partial charge in [-0.1, -0.05) is 12.1 Å². The summed E-state index contributed by atoms with van der Waals surface area (Å²) < 4.78 is 14.1. The van der Waals surface area contributed by atoms with Crippen molar-refractivity contribution in [3.05, 3.63) is 65.7 Å². The lowest BCUT2D eigenvalue weighted by Gasteiger charge is -2.10. The number of aromatic nitrogens is 1. The quantitative estimate of drug-likeness (QED) is 0.658. The molecule has 0 atom stereocenters. The van der Waals surface area contributed by atoms with E-state index in [0.29, 0.717) is 16.7 Å². The molecular formula is C17H11FN2. The van der Waals surface area contributed by atoms with Gasteiger partial charge in [0, 0.05) is 28.9 Å². The van der Waals surface area contributed by atoms with Gasteiger partial charge in [0.25, 0.3) is 0 Å². The Balaban J connectivity index is 2.39. The second-order valence-electron chi connectivity index (χ2n) is 4.66. The van der Waals surface area contributed by atoms with E-state index in [1.807, 2.05) is 25.1 Å². The molecule has 3 aromatic rings. The number of nitriles is 1. The summed E-state index contributed by atoms with van der Waals surface area (Å²) in [7, 11) is 0. The van der Waals surface area contributed by atoms with Crippen molar-refractivity contribution in [1.82, 2.24) is 4.98 Å². The SMILES string of the molecule is Cc1cccc(F)c1-c1cc2ccncc2cc1C#N. The molecule has 0 fully saturated rings. The van der Waals surface area contributed by atoms with Crippen molar-refractivity contribution >= 4 is 10.8 Å².